The minimum absolute atomic E-state index is 0.297. The third-order valence-electron chi connectivity index (χ3n) is 3.84. The number of aromatic nitrogens is 1. The zero-order valence-electron chi connectivity index (χ0n) is 13.6. The normalized spacial score (nSPS) is 11.6. The molecular formula is C19H19NO2SSe. The van der Waals surface area contributed by atoms with E-state index >= 15 is 0 Å². The van der Waals surface area contributed by atoms with Gasteiger partial charge in [0.15, 0.2) is 0 Å². The van der Waals surface area contributed by atoms with Crippen LogP contribution in [0.4, 0.5) is 0 Å². The average Bonchev–Trinajstić information content (AvgIpc) is 2.96. The van der Waals surface area contributed by atoms with Gasteiger partial charge in [0.2, 0.25) is 0 Å². The number of rotatable bonds is 5. The van der Waals surface area contributed by atoms with E-state index in [0.29, 0.717) is 19.9 Å². The van der Waals surface area contributed by atoms with Crippen molar-refractivity contribution >= 4 is 29.4 Å². The van der Waals surface area contributed by atoms with Gasteiger partial charge in [-0.25, -0.2) is 0 Å². The third kappa shape index (κ3) is 3.64. The Balaban J connectivity index is 1.84. The molecule has 0 amide bonds. The summed E-state index contributed by atoms with van der Waals surface area (Å²) >= 11 is 0.297. The molecule has 2 aromatic carbocycles. The van der Waals surface area contributed by atoms with E-state index in [1.807, 2.05) is 44.2 Å². The standard InChI is InChI=1S/C19H19NO2SSe/c1-15-8-10-18(11-9-15)23(21,22)20-12-16(2)17(13-20)14-24-19-6-4-3-5-7-19/h3-13H,14H2,1-2H3. The topological polar surface area (TPSA) is 39.1 Å². The minimum atomic E-state index is -3.52. The zero-order chi connectivity index (χ0) is 17.2. The van der Waals surface area contributed by atoms with Crippen molar-refractivity contribution in [2.75, 3.05) is 0 Å². The summed E-state index contributed by atoms with van der Waals surface area (Å²) in [6, 6.07) is 17.3. The quantitative estimate of drug-likeness (QED) is 0.614. The second kappa shape index (κ2) is 6.98. The fourth-order valence-electron chi connectivity index (χ4n) is 2.37. The molecule has 3 aromatic rings. The van der Waals surface area contributed by atoms with Gasteiger partial charge in [-0.05, 0) is 0 Å². The molecule has 1 aromatic heterocycles. The Bertz CT molecular complexity index is 929. The number of hydrogen-bond acceptors (Lipinski definition) is 2. The molecule has 3 nitrogen and oxygen atoms in total. The fraction of sp³-hybridized carbons (Fsp3) is 0.158. The second-order valence-corrected chi connectivity index (χ2v) is 9.76. The Labute approximate surface area is 149 Å². The maximum absolute atomic E-state index is 12.8. The summed E-state index contributed by atoms with van der Waals surface area (Å²) in [6.07, 6.45) is 3.47. The molecule has 0 aliphatic carbocycles. The number of hydrogen-bond donors (Lipinski definition) is 0. The van der Waals surface area contributed by atoms with E-state index in [1.165, 1.54) is 8.43 Å². The zero-order valence-corrected chi connectivity index (χ0v) is 16.2. The number of benzene rings is 2. The predicted molar refractivity (Wildman–Crippen MR) is 98.5 cm³/mol. The van der Waals surface area contributed by atoms with Crippen molar-refractivity contribution in [3.8, 4) is 0 Å². The second-order valence-electron chi connectivity index (χ2n) is 5.72. The van der Waals surface area contributed by atoms with E-state index in [2.05, 4.69) is 12.1 Å². The first kappa shape index (κ1) is 17.0. The van der Waals surface area contributed by atoms with Crippen molar-refractivity contribution in [1.29, 1.82) is 0 Å². The Kier molecular flexibility index (Phi) is 4.95. The summed E-state index contributed by atoms with van der Waals surface area (Å²) in [4.78, 5) is 0.322. The summed E-state index contributed by atoms with van der Waals surface area (Å²) < 4.78 is 28.2. The summed E-state index contributed by atoms with van der Waals surface area (Å²) in [6.45, 7) is 3.91. The maximum atomic E-state index is 12.8. The first-order valence-electron chi connectivity index (χ1n) is 7.64. The molecule has 0 aliphatic rings. The van der Waals surface area contributed by atoms with Crippen LogP contribution in [0.1, 0.15) is 16.7 Å². The van der Waals surface area contributed by atoms with Gasteiger partial charge < -0.3 is 0 Å². The molecule has 1 heterocycles. The third-order valence-corrected chi connectivity index (χ3v) is 7.70. The van der Waals surface area contributed by atoms with E-state index < -0.39 is 10.0 Å². The van der Waals surface area contributed by atoms with Crippen LogP contribution in [-0.4, -0.2) is 27.3 Å². The Morgan fingerprint density at radius 2 is 1.58 bits per heavy atom. The van der Waals surface area contributed by atoms with Gasteiger partial charge in [0.25, 0.3) is 0 Å². The van der Waals surface area contributed by atoms with Gasteiger partial charge in [0.1, 0.15) is 0 Å². The van der Waals surface area contributed by atoms with Crippen LogP contribution in [0.3, 0.4) is 0 Å². The van der Waals surface area contributed by atoms with Crippen molar-refractivity contribution in [2.24, 2.45) is 0 Å². The molecule has 5 heteroatoms. The summed E-state index contributed by atoms with van der Waals surface area (Å²) in [5, 5.41) is 0.888. The SMILES string of the molecule is Cc1ccc(S(=O)(=O)n2cc(C)c(C[Se]c3ccccc3)c2)cc1. The molecule has 0 unspecified atom stereocenters. The molecule has 0 fully saturated rings. The molecule has 0 N–H and O–H groups in total. The average molecular weight is 404 g/mol. The summed E-state index contributed by atoms with van der Waals surface area (Å²) in [5.74, 6) is 0. The molecule has 0 atom stereocenters. The van der Waals surface area contributed by atoms with Gasteiger partial charge in [0, 0.05) is 0 Å². The van der Waals surface area contributed by atoms with Gasteiger partial charge in [-0.2, -0.15) is 0 Å². The van der Waals surface area contributed by atoms with Gasteiger partial charge >= 0.3 is 150 Å². The Morgan fingerprint density at radius 3 is 2.25 bits per heavy atom. The molecule has 0 bridgehead atoms. The van der Waals surface area contributed by atoms with Crippen LogP contribution in [0.15, 0.2) is 71.9 Å². The summed E-state index contributed by atoms with van der Waals surface area (Å²) in [5.41, 5.74) is 3.15. The Hall–Kier alpha value is -1.81. The van der Waals surface area contributed by atoms with Crippen LogP contribution >= 0.6 is 0 Å². The molecule has 0 radical (unpaired) electrons. The molecule has 0 saturated carbocycles. The van der Waals surface area contributed by atoms with Crippen LogP contribution in [0.25, 0.3) is 0 Å². The van der Waals surface area contributed by atoms with Gasteiger partial charge in [-0.1, -0.05) is 0 Å². The molecule has 124 valence electrons. The molecule has 0 saturated heterocycles. The van der Waals surface area contributed by atoms with Crippen LogP contribution in [0, 0.1) is 13.8 Å². The predicted octanol–water partition coefficient (Wildman–Crippen LogP) is 2.87. The number of nitrogens with zero attached hydrogens (tertiary/aromatic N) is 1. The molecule has 3 rings (SSSR count). The van der Waals surface area contributed by atoms with Crippen LogP contribution < -0.4 is 4.46 Å². The van der Waals surface area contributed by atoms with E-state index in [9.17, 15) is 8.42 Å². The fourth-order valence-corrected chi connectivity index (χ4v) is 5.70. The van der Waals surface area contributed by atoms with Crippen molar-refractivity contribution in [2.45, 2.75) is 24.1 Å². The molecule has 0 spiro atoms. The van der Waals surface area contributed by atoms with Crippen molar-refractivity contribution in [3.05, 3.63) is 83.7 Å². The van der Waals surface area contributed by atoms with Crippen LogP contribution in [0.5, 0.6) is 0 Å². The van der Waals surface area contributed by atoms with Crippen LogP contribution in [-0.2, 0) is 15.3 Å². The van der Waals surface area contributed by atoms with E-state index in [0.717, 1.165) is 22.0 Å². The van der Waals surface area contributed by atoms with E-state index in [-0.39, 0.29) is 0 Å². The monoisotopic (exact) mass is 405 g/mol. The van der Waals surface area contributed by atoms with Crippen LogP contribution in [0.2, 0.25) is 0 Å². The van der Waals surface area contributed by atoms with Crippen molar-refractivity contribution < 1.29 is 8.42 Å². The van der Waals surface area contributed by atoms with Crippen molar-refractivity contribution in [3.63, 3.8) is 0 Å². The number of aryl methyl sites for hydroxylation is 2. The Morgan fingerprint density at radius 1 is 0.917 bits per heavy atom. The van der Waals surface area contributed by atoms with E-state index in [4.69, 9.17) is 0 Å². The first-order chi connectivity index (χ1) is 11.5. The van der Waals surface area contributed by atoms with Gasteiger partial charge in [0.05, 0.1) is 0 Å². The van der Waals surface area contributed by atoms with E-state index in [1.54, 1.807) is 24.5 Å². The molecule has 0 aliphatic heterocycles. The molecular weight excluding hydrogens is 385 g/mol. The summed E-state index contributed by atoms with van der Waals surface area (Å²) in [7, 11) is -3.52. The van der Waals surface area contributed by atoms with Gasteiger partial charge in [-0.3, -0.25) is 0 Å². The van der Waals surface area contributed by atoms with Crippen molar-refractivity contribution in [1.82, 2.24) is 3.97 Å². The van der Waals surface area contributed by atoms with Gasteiger partial charge in [-0.15, -0.1) is 0 Å². The molecule has 24 heavy (non-hydrogen) atoms. The first-order valence-corrected chi connectivity index (χ1v) is 11.2.